The van der Waals surface area contributed by atoms with E-state index in [1.165, 1.54) is 105 Å². The first-order valence-electron chi connectivity index (χ1n) is 22.1. The zero-order valence-electron chi connectivity index (χ0n) is 36.4. The highest BCUT2D eigenvalue weighted by Crippen LogP contribution is 2.60. The van der Waals surface area contributed by atoms with Crippen LogP contribution in [0.1, 0.15) is 57.0 Å². The molecule has 62 heavy (non-hydrogen) atoms. The van der Waals surface area contributed by atoms with E-state index in [1.807, 2.05) is 0 Å². The summed E-state index contributed by atoms with van der Waals surface area (Å²) >= 11 is 0. The summed E-state index contributed by atoms with van der Waals surface area (Å²) < 4.78 is 2.40. The fourth-order valence-corrected chi connectivity index (χ4v) is 10.9. The molecule has 0 radical (unpaired) electrons. The van der Waals surface area contributed by atoms with E-state index in [4.69, 9.17) is 0 Å². The van der Waals surface area contributed by atoms with Crippen LogP contribution in [0.15, 0.2) is 182 Å². The van der Waals surface area contributed by atoms with Gasteiger partial charge in [0.25, 0.3) is 0 Å². The molecule has 10 aromatic rings. The molecule has 0 N–H and O–H groups in total. The Labute approximate surface area is 365 Å². The molecule has 0 atom stereocenters. The molecule has 0 aliphatic heterocycles. The predicted molar refractivity (Wildman–Crippen MR) is 264 cm³/mol. The first kappa shape index (κ1) is 37.8. The van der Waals surface area contributed by atoms with Gasteiger partial charge in [-0.2, -0.15) is 0 Å². The van der Waals surface area contributed by atoms with Crippen LogP contribution >= 0.6 is 0 Å². The maximum atomic E-state index is 2.61. The number of benzene rings is 9. The zero-order valence-corrected chi connectivity index (χ0v) is 36.4. The quantitative estimate of drug-likeness (QED) is 0.156. The van der Waals surface area contributed by atoms with Crippen molar-refractivity contribution >= 4 is 49.6 Å². The topological polar surface area (TPSA) is 8.17 Å². The van der Waals surface area contributed by atoms with Gasteiger partial charge < -0.3 is 9.47 Å². The Morgan fingerprint density at radius 1 is 0.452 bits per heavy atom. The highest BCUT2D eigenvalue weighted by atomic mass is 15.2. The van der Waals surface area contributed by atoms with Crippen LogP contribution in [0, 0.1) is 27.7 Å². The Balaban J connectivity index is 1.34. The largest absolute Gasteiger partial charge is 0.342 e. The summed E-state index contributed by atoms with van der Waals surface area (Å²) in [6.45, 7) is 11.2. The normalized spacial score (nSPS) is 12.9. The molecule has 1 aliphatic carbocycles. The first-order valence-corrected chi connectivity index (χ1v) is 22.1. The molecule has 2 heteroatoms. The molecule has 11 rings (SSSR count). The minimum atomic E-state index is -0.585. The van der Waals surface area contributed by atoms with E-state index in [1.54, 1.807) is 0 Å². The molecule has 300 valence electrons. The van der Waals surface area contributed by atoms with E-state index in [9.17, 15) is 0 Å². The van der Waals surface area contributed by atoms with Crippen LogP contribution in [0.5, 0.6) is 0 Å². The lowest BCUT2D eigenvalue weighted by Crippen LogP contribution is -2.29. The molecule has 1 heterocycles. The van der Waals surface area contributed by atoms with E-state index in [0.29, 0.717) is 0 Å². The molecule has 0 saturated carbocycles. The van der Waals surface area contributed by atoms with Crippen molar-refractivity contribution in [2.45, 2.75) is 46.5 Å². The number of hydrogen-bond acceptors (Lipinski definition) is 1. The van der Waals surface area contributed by atoms with Crippen molar-refractivity contribution in [3.8, 4) is 22.3 Å². The number of fused-ring (bicyclic) bond motifs is 8. The minimum absolute atomic E-state index is 0.585. The molecule has 1 aromatic heterocycles. The lowest BCUT2D eigenvalue weighted by atomic mass is 9.67. The Hall–Kier alpha value is -7.16. The fourth-order valence-electron chi connectivity index (χ4n) is 10.9. The number of aromatic nitrogens is 1. The zero-order chi connectivity index (χ0) is 42.3. The molecular formula is C60H50N2. The molecule has 0 fully saturated rings. The van der Waals surface area contributed by atoms with Gasteiger partial charge in [0.2, 0.25) is 0 Å². The molecule has 0 unspecified atom stereocenters. The summed E-state index contributed by atoms with van der Waals surface area (Å²) in [5.41, 5.74) is 22.0. The smallest absolute Gasteiger partial charge is 0.0733 e. The number of hydrogen-bond donors (Lipinski definition) is 0. The van der Waals surface area contributed by atoms with Crippen molar-refractivity contribution in [3.05, 3.63) is 232 Å². The number of aryl methyl sites for hydroxylation is 6. The fraction of sp³-hybridized carbons (Fsp3) is 0.133. The highest BCUT2D eigenvalue weighted by Gasteiger charge is 2.47. The minimum Gasteiger partial charge on any atom is -0.342 e. The number of anilines is 3. The van der Waals surface area contributed by atoms with Crippen molar-refractivity contribution in [2.24, 2.45) is 7.05 Å². The van der Waals surface area contributed by atoms with Crippen molar-refractivity contribution in [3.63, 3.8) is 0 Å². The Morgan fingerprint density at radius 2 is 1.05 bits per heavy atom. The Kier molecular flexibility index (Phi) is 8.84. The third kappa shape index (κ3) is 5.49. The molecule has 0 saturated heterocycles. The second kappa shape index (κ2) is 14.5. The van der Waals surface area contributed by atoms with Gasteiger partial charge >= 0.3 is 0 Å². The Morgan fingerprint density at radius 3 is 1.77 bits per heavy atom. The lowest BCUT2D eigenvalue weighted by Gasteiger charge is -2.36. The molecule has 1 aliphatic rings. The highest BCUT2D eigenvalue weighted by molar-refractivity contribution is 6.17. The second-order valence-electron chi connectivity index (χ2n) is 17.5. The number of para-hydroxylation sites is 2. The summed E-state index contributed by atoms with van der Waals surface area (Å²) in [5.74, 6) is 0. The van der Waals surface area contributed by atoms with Gasteiger partial charge in [-0.1, -0.05) is 181 Å². The van der Waals surface area contributed by atoms with E-state index >= 15 is 0 Å². The molecular weight excluding hydrogens is 749 g/mol. The van der Waals surface area contributed by atoms with Gasteiger partial charge in [-0.25, -0.2) is 0 Å². The SMILES string of the molecule is CCc1ccccc1-c1c(C)cccc1N(c1cc2c(c3ccccc13)-c1ccc(C)cc1C2(c1ccc(C)cc1)c1ccc(C)cc1)c1cccc2c3ccccc3n(C)c12. The molecule has 0 amide bonds. The van der Waals surface area contributed by atoms with E-state index in [-0.39, 0.29) is 0 Å². The molecule has 0 bridgehead atoms. The van der Waals surface area contributed by atoms with Gasteiger partial charge in [0.05, 0.1) is 28.0 Å². The van der Waals surface area contributed by atoms with E-state index < -0.39 is 5.41 Å². The summed E-state index contributed by atoms with van der Waals surface area (Å²) in [6, 6.07) is 69.1. The standard InChI is InChI=1S/C60H50N2/c1-7-42-17-8-9-18-45(42)57-41(5)16-14-24-54(57)62(55-25-15-22-49-47-20-12-13-23-53(47)61(6)59(49)55)56-37-52-58(48-21-11-10-19-46(48)56)50-35-30-40(4)36-51(50)60(52,43-31-26-38(2)27-32-43)44-33-28-39(3)29-34-44/h8-37H,7H2,1-6H3. The average Bonchev–Trinajstić information content (AvgIpc) is 3.76. The van der Waals surface area contributed by atoms with Crippen LogP contribution in [0.25, 0.3) is 54.8 Å². The molecule has 9 aromatic carbocycles. The number of nitrogens with zero attached hydrogens (tertiary/aromatic N) is 2. The van der Waals surface area contributed by atoms with Crippen LogP contribution in [0.3, 0.4) is 0 Å². The van der Waals surface area contributed by atoms with Crippen LogP contribution in [0.2, 0.25) is 0 Å². The third-order valence-corrected chi connectivity index (χ3v) is 13.8. The monoisotopic (exact) mass is 798 g/mol. The third-order valence-electron chi connectivity index (χ3n) is 13.8. The predicted octanol–water partition coefficient (Wildman–Crippen LogP) is 15.8. The van der Waals surface area contributed by atoms with Gasteiger partial charge in [-0.3, -0.25) is 0 Å². The van der Waals surface area contributed by atoms with Crippen molar-refractivity contribution in [1.29, 1.82) is 0 Å². The van der Waals surface area contributed by atoms with Crippen molar-refractivity contribution in [1.82, 2.24) is 4.57 Å². The van der Waals surface area contributed by atoms with Crippen LogP contribution in [-0.2, 0) is 18.9 Å². The molecule has 0 spiro atoms. The van der Waals surface area contributed by atoms with Crippen LogP contribution in [0.4, 0.5) is 17.1 Å². The lowest BCUT2D eigenvalue weighted by molar-refractivity contribution is 0.767. The summed E-state index contributed by atoms with van der Waals surface area (Å²) in [7, 11) is 2.23. The van der Waals surface area contributed by atoms with Gasteiger partial charge in [-0.15, -0.1) is 0 Å². The summed E-state index contributed by atoms with van der Waals surface area (Å²) in [5, 5.41) is 4.97. The average molecular weight is 799 g/mol. The maximum Gasteiger partial charge on any atom is 0.0733 e. The summed E-state index contributed by atoms with van der Waals surface area (Å²) in [6.07, 6.45) is 0.942. The van der Waals surface area contributed by atoms with Crippen LogP contribution in [-0.4, -0.2) is 4.57 Å². The second-order valence-corrected chi connectivity index (χ2v) is 17.5. The van der Waals surface area contributed by atoms with Crippen molar-refractivity contribution in [2.75, 3.05) is 4.90 Å². The first-order chi connectivity index (χ1) is 30.3. The van der Waals surface area contributed by atoms with Gasteiger partial charge in [0.15, 0.2) is 0 Å². The van der Waals surface area contributed by atoms with E-state index in [0.717, 1.165) is 23.5 Å². The van der Waals surface area contributed by atoms with Crippen molar-refractivity contribution < 1.29 is 0 Å². The maximum absolute atomic E-state index is 2.61. The molecule has 2 nitrogen and oxygen atoms in total. The van der Waals surface area contributed by atoms with E-state index in [2.05, 4.69) is 233 Å². The summed E-state index contributed by atoms with van der Waals surface area (Å²) in [4.78, 5) is 2.61. The van der Waals surface area contributed by atoms with Crippen LogP contribution < -0.4 is 4.90 Å². The van der Waals surface area contributed by atoms with Gasteiger partial charge in [0.1, 0.15) is 0 Å². The Bertz CT molecular complexity index is 3340. The number of rotatable bonds is 7. The van der Waals surface area contributed by atoms with Gasteiger partial charge in [-0.05, 0) is 114 Å². The van der Waals surface area contributed by atoms with Gasteiger partial charge in [0, 0.05) is 34.3 Å².